The molecule has 2 rings (SSSR count). The monoisotopic (exact) mass is 271 g/mol. The van der Waals surface area contributed by atoms with Crippen LogP contribution >= 0.6 is 0 Å². The van der Waals surface area contributed by atoms with Gasteiger partial charge in [-0.15, -0.1) is 0 Å². The van der Waals surface area contributed by atoms with Gasteiger partial charge in [-0.1, -0.05) is 30.3 Å². The van der Waals surface area contributed by atoms with Gasteiger partial charge in [0.25, 0.3) is 0 Å². The molecule has 0 unspecified atom stereocenters. The fraction of sp³-hybridized carbons (Fsp3) is 0.188. The minimum atomic E-state index is -0.102. The Bertz CT molecular complexity index is 609. The molecule has 0 amide bonds. The Kier molecular flexibility index (Phi) is 4.25. The average molecular weight is 271 g/mol. The zero-order valence-corrected chi connectivity index (χ0v) is 11.6. The van der Waals surface area contributed by atoms with Gasteiger partial charge in [0.05, 0.1) is 7.11 Å². The van der Waals surface area contributed by atoms with Gasteiger partial charge >= 0.3 is 0 Å². The number of nitrogen functional groups attached to an aromatic ring is 1. The highest BCUT2D eigenvalue weighted by Crippen LogP contribution is 2.33. The van der Waals surface area contributed by atoms with E-state index in [1.807, 2.05) is 30.3 Å². The predicted octanol–water partition coefficient (Wildman–Crippen LogP) is 3.06. The van der Waals surface area contributed by atoms with Crippen LogP contribution < -0.4 is 15.2 Å². The van der Waals surface area contributed by atoms with E-state index in [1.165, 1.54) is 14.0 Å². The van der Waals surface area contributed by atoms with Gasteiger partial charge in [-0.05, 0) is 18.6 Å². The number of carbonyl (C=O) groups excluding carboxylic acids is 1. The van der Waals surface area contributed by atoms with Crippen molar-refractivity contribution in [3.05, 3.63) is 53.6 Å². The van der Waals surface area contributed by atoms with Gasteiger partial charge in [-0.2, -0.15) is 0 Å². The summed E-state index contributed by atoms with van der Waals surface area (Å²) in [6.45, 7) is 1.87. The number of ether oxygens (including phenoxy) is 2. The molecule has 0 aliphatic heterocycles. The average Bonchev–Trinajstić information content (AvgIpc) is 2.46. The summed E-state index contributed by atoms with van der Waals surface area (Å²) < 4.78 is 11.0. The molecule has 20 heavy (non-hydrogen) atoms. The number of ketones is 1. The third kappa shape index (κ3) is 3.09. The van der Waals surface area contributed by atoms with E-state index < -0.39 is 0 Å². The van der Waals surface area contributed by atoms with Crippen molar-refractivity contribution in [2.75, 3.05) is 12.8 Å². The number of nitrogens with two attached hydrogens (primary N) is 1. The van der Waals surface area contributed by atoms with Gasteiger partial charge in [0.1, 0.15) is 6.61 Å². The van der Waals surface area contributed by atoms with Crippen molar-refractivity contribution in [2.24, 2.45) is 0 Å². The topological polar surface area (TPSA) is 61.5 Å². The lowest BCUT2D eigenvalue weighted by Gasteiger charge is -2.13. The molecule has 104 valence electrons. The molecule has 0 fully saturated rings. The van der Waals surface area contributed by atoms with Crippen molar-refractivity contribution in [1.29, 1.82) is 0 Å². The summed E-state index contributed by atoms with van der Waals surface area (Å²) in [5.74, 6) is 0.925. The Balaban J connectivity index is 2.25. The summed E-state index contributed by atoms with van der Waals surface area (Å²) >= 11 is 0. The summed E-state index contributed by atoms with van der Waals surface area (Å²) in [7, 11) is 1.54. The third-order valence-corrected chi connectivity index (χ3v) is 2.95. The molecule has 2 aromatic rings. The van der Waals surface area contributed by atoms with Crippen LogP contribution in [0.4, 0.5) is 5.69 Å². The van der Waals surface area contributed by atoms with E-state index in [4.69, 9.17) is 15.2 Å². The molecule has 0 aliphatic carbocycles. The van der Waals surface area contributed by atoms with E-state index in [0.29, 0.717) is 29.4 Å². The molecule has 0 spiro atoms. The Morgan fingerprint density at radius 2 is 1.85 bits per heavy atom. The van der Waals surface area contributed by atoms with Crippen molar-refractivity contribution in [3.8, 4) is 11.5 Å². The largest absolute Gasteiger partial charge is 0.493 e. The number of methoxy groups -OCH3 is 1. The van der Waals surface area contributed by atoms with E-state index in [-0.39, 0.29) is 5.78 Å². The van der Waals surface area contributed by atoms with Crippen molar-refractivity contribution < 1.29 is 14.3 Å². The Labute approximate surface area is 118 Å². The van der Waals surface area contributed by atoms with Crippen LogP contribution in [0, 0.1) is 0 Å². The number of anilines is 1. The molecule has 0 aliphatic rings. The molecule has 0 saturated carbocycles. The van der Waals surface area contributed by atoms with Gasteiger partial charge in [0.15, 0.2) is 17.3 Å². The molecule has 0 bridgehead atoms. The molecule has 0 heterocycles. The van der Waals surface area contributed by atoms with Crippen molar-refractivity contribution in [1.82, 2.24) is 0 Å². The quantitative estimate of drug-likeness (QED) is 0.670. The van der Waals surface area contributed by atoms with Crippen molar-refractivity contribution >= 4 is 11.5 Å². The molecule has 0 atom stereocenters. The van der Waals surface area contributed by atoms with E-state index in [0.717, 1.165) is 5.56 Å². The fourth-order valence-corrected chi connectivity index (χ4v) is 1.89. The highest BCUT2D eigenvalue weighted by molar-refractivity contribution is 5.99. The summed E-state index contributed by atoms with van der Waals surface area (Å²) in [4.78, 5) is 11.5. The smallest absolute Gasteiger partial charge is 0.162 e. The molecule has 4 heteroatoms. The second kappa shape index (κ2) is 6.10. The van der Waals surface area contributed by atoms with Crippen LogP contribution in [0.5, 0.6) is 11.5 Å². The summed E-state index contributed by atoms with van der Waals surface area (Å²) in [5, 5.41) is 0. The van der Waals surface area contributed by atoms with E-state index in [2.05, 4.69) is 0 Å². The zero-order valence-electron chi connectivity index (χ0n) is 11.6. The van der Waals surface area contributed by atoms with Gasteiger partial charge in [-0.25, -0.2) is 0 Å². The van der Waals surface area contributed by atoms with Crippen molar-refractivity contribution in [3.63, 3.8) is 0 Å². The number of benzene rings is 2. The molecule has 0 aromatic heterocycles. The number of rotatable bonds is 5. The highest BCUT2D eigenvalue weighted by Gasteiger charge is 2.12. The SMILES string of the molecule is COc1cc(N)c(C(C)=O)cc1OCc1ccccc1. The first-order valence-corrected chi connectivity index (χ1v) is 6.27. The zero-order chi connectivity index (χ0) is 14.5. The fourth-order valence-electron chi connectivity index (χ4n) is 1.89. The summed E-state index contributed by atoms with van der Waals surface area (Å²) in [6, 6.07) is 13.0. The number of carbonyl (C=O) groups is 1. The molecule has 0 saturated heterocycles. The predicted molar refractivity (Wildman–Crippen MR) is 78.2 cm³/mol. The van der Waals surface area contributed by atoms with Gasteiger partial charge < -0.3 is 15.2 Å². The normalized spacial score (nSPS) is 10.1. The second-order valence-corrected chi connectivity index (χ2v) is 4.42. The van der Waals surface area contributed by atoms with Gasteiger partial charge in [-0.3, -0.25) is 4.79 Å². The minimum absolute atomic E-state index is 0.102. The maximum atomic E-state index is 11.5. The lowest BCUT2D eigenvalue weighted by atomic mass is 10.1. The number of hydrogen-bond acceptors (Lipinski definition) is 4. The van der Waals surface area contributed by atoms with Crippen LogP contribution in [-0.4, -0.2) is 12.9 Å². The number of Topliss-reactive ketones (excluding diaryl/α,β-unsaturated/α-hetero) is 1. The van der Waals surface area contributed by atoms with Crippen LogP contribution in [0.1, 0.15) is 22.8 Å². The van der Waals surface area contributed by atoms with Gasteiger partial charge in [0.2, 0.25) is 0 Å². The van der Waals surface area contributed by atoms with E-state index in [9.17, 15) is 4.79 Å². The molecule has 2 aromatic carbocycles. The Morgan fingerprint density at radius 3 is 2.45 bits per heavy atom. The molecule has 2 N–H and O–H groups in total. The first kappa shape index (κ1) is 13.9. The van der Waals surface area contributed by atoms with Gasteiger partial charge in [0, 0.05) is 17.3 Å². The Hall–Kier alpha value is -2.49. The standard InChI is InChI=1S/C16H17NO3/c1-11(18)13-8-16(15(19-2)9-14(13)17)20-10-12-6-4-3-5-7-12/h3-9H,10,17H2,1-2H3. The second-order valence-electron chi connectivity index (χ2n) is 4.42. The number of hydrogen-bond donors (Lipinski definition) is 1. The maximum absolute atomic E-state index is 11.5. The molecule has 4 nitrogen and oxygen atoms in total. The van der Waals surface area contributed by atoms with E-state index >= 15 is 0 Å². The van der Waals surface area contributed by atoms with Crippen LogP contribution in [0.25, 0.3) is 0 Å². The third-order valence-electron chi connectivity index (χ3n) is 2.95. The minimum Gasteiger partial charge on any atom is -0.493 e. The maximum Gasteiger partial charge on any atom is 0.162 e. The lowest BCUT2D eigenvalue weighted by Crippen LogP contribution is -2.04. The van der Waals surface area contributed by atoms with Crippen LogP contribution in [0.3, 0.4) is 0 Å². The first-order chi connectivity index (χ1) is 9.61. The molecular weight excluding hydrogens is 254 g/mol. The Morgan fingerprint density at radius 1 is 1.15 bits per heavy atom. The van der Waals surface area contributed by atoms with E-state index in [1.54, 1.807) is 12.1 Å². The highest BCUT2D eigenvalue weighted by atomic mass is 16.5. The first-order valence-electron chi connectivity index (χ1n) is 6.27. The molecule has 0 radical (unpaired) electrons. The lowest BCUT2D eigenvalue weighted by molar-refractivity contribution is 0.101. The summed E-state index contributed by atoms with van der Waals surface area (Å²) in [5.41, 5.74) is 7.68. The van der Waals surface area contributed by atoms with Crippen LogP contribution in [0.2, 0.25) is 0 Å². The molecular formula is C16H17NO3. The van der Waals surface area contributed by atoms with Crippen LogP contribution in [0.15, 0.2) is 42.5 Å². The van der Waals surface area contributed by atoms with Crippen LogP contribution in [-0.2, 0) is 6.61 Å². The summed E-state index contributed by atoms with van der Waals surface area (Å²) in [6.07, 6.45) is 0. The van der Waals surface area contributed by atoms with Crippen molar-refractivity contribution in [2.45, 2.75) is 13.5 Å².